The van der Waals surface area contributed by atoms with Crippen molar-refractivity contribution in [3.8, 4) is 0 Å². The molecule has 0 heterocycles. The van der Waals surface area contributed by atoms with E-state index in [2.05, 4.69) is 32.1 Å². The van der Waals surface area contributed by atoms with E-state index in [1.807, 2.05) is 0 Å². The number of carboxylic acid groups (broad SMARTS) is 3. The van der Waals surface area contributed by atoms with Gasteiger partial charge in [0, 0.05) is 44.7 Å². The van der Waals surface area contributed by atoms with E-state index in [0.717, 1.165) is 57.8 Å². The van der Waals surface area contributed by atoms with Gasteiger partial charge in [0.2, 0.25) is 35.2 Å². The molecular weight excluding hydrogens is 1040 g/mol. The fourth-order valence-corrected chi connectivity index (χ4v) is 8.00. The van der Waals surface area contributed by atoms with Gasteiger partial charge in [-0.25, -0.2) is 10.2 Å². The summed E-state index contributed by atoms with van der Waals surface area (Å²) in [4.78, 5) is 125. The minimum Gasteiger partial charge on any atom is -0.481 e. The maximum Gasteiger partial charge on any atom is 0.326 e. The van der Waals surface area contributed by atoms with E-state index in [1.165, 1.54) is 25.7 Å². The first-order valence-corrected chi connectivity index (χ1v) is 29.1. The van der Waals surface area contributed by atoms with Crippen LogP contribution in [0.3, 0.4) is 0 Å². The Hall–Kier alpha value is -5.02. The smallest absolute Gasteiger partial charge is 0.326 e. The minimum absolute atomic E-state index is 0.00867. The number of carbonyl (C=O) groups excluding carboxylic acids is 7. The molecule has 4 atom stereocenters. The Balaban J connectivity index is 5.05. The molecule has 25 heteroatoms. The molecule has 0 aromatic rings. The summed E-state index contributed by atoms with van der Waals surface area (Å²) in [5, 5.41) is 38.2. The standard InChI is InChI=1S/C55H100N8O17/c1-41(2)46(64)39-79-37-35-77-33-31-58-49(67)40-80-38-36-78-34-32-59-63-43(21-17-19-29-56)53(73)52(72)42(26-28-51(70)71)62-54(74)44(22-18-20-30-57)60-48(66)27-25-45(55(75)76)61-47(65)23-15-13-11-9-7-5-3-4-6-8-10-12-14-16-24-50(68)69/h41-45,59,63H,3-40,56-57H2,1-2H3,(H,58,67)(H,60,66)(H,61,65)(H,62,74)(H,68,69)(H,70,71)(H,75,76)/t42?,43-,44-,45-/m0/s1. The van der Waals surface area contributed by atoms with Crippen LogP contribution in [0.1, 0.15) is 181 Å². The molecule has 0 radical (unpaired) electrons. The number of rotatable bonds is 58. The van der Waals surface area contributed by atoms with Gasteiger partial charge in [0.25, 0.3) is 0 Å². The van der Waals surface area contributed by atoms with E-state index in [4.69, 9.17) is 35.5 Å². The molecule has 462 valence electrons. The third kappa shape index (κ3) is 43.7. The van der Waals surface area contributed by atoms with Gasteiger partial charge in [0.1, 0.15) is 25.3 Å². The highest BCUT2D eigenvalue weighted by Crippen LogP contribution is 2.15. The lowest BCUT2D eigenvalue weighted by atomic mass is 9.95. The Morgan fingerprint density at radius 1 is 0.412 bits per heavy atom. The zero-order valence-electron chi connectivity index (χ0n) is 48.0. The normalized spacial score (nSPS) is 12.8. The second-order valence-corrected chi connectivity index (χ2v) is 20.2. The van der Waals surface area contributed by atoms with Crippen molar-refractivity contribution >= 4 is 58.9 Å². The quantitative estimate of drug-likeness (QED) is 0.0237. The van der Waals surface area contributed by atoms with Crippen LogP contribution < -0.4 is 43.6 Å². The highest BCUT2D eigenvalue weighted by atomic mass is 16.5. The zero-order chi connectivity index (χ0) is 59.6. The molecule has 4 amide bonds. The number of nitrogens with two attached hydrogens (primary N) is 2. The first-order chi connectivity index (χ1) is 38.4. The number of Topliss-reactive ketones (excluding diaryl/α,β-unsaturated/α-hetero) is 3. The lowest BCUT2D eigenvalue weighted by Crippen LogP contribution is -2.56. The van der Waals surface area contributed by atoms with Gasteiger partial charge in [0.15, 0.2) is 5.78 Å². The van der Waals surface area contributed by atoms with E-state index in [-0.39, 0.29) is 129 Å². The Kier molecular flexibility index (Phi) is 47.7. The average molecular weight is 1150 g/mol. The maximum atomic E-state index is 13.8. The number of ether oxygens (including phenoxy) is 4. The van der Waals surface area contributed by atoms with E-state index < -0.39 is 84.2 Å². The number of hydrogen-bond donors (Lipinski definition) is 11. The molecule has 0 saturated heterocycles. The molecule has 1 unspecified atom stereocenters. The average Bonchev–Trinajstić information content (AvgIpc) is 3.41. The number of nitrogens with one attached hydrogen (secondary N) is 6. The van der Waals surface area contributed by atoms with E-state index in [9.17, 15) is 58.2 Å². The van der Waals surface area contributed by atoms with Gasteiger partial charge in [-0.1, -0.05) is 97.3 Å². The second-order valence-electron chi connectivity index (χ2n) is 20.2. The molecule has 0 aliphatic carbocycles. The van der Waals surface area contributed by atoms with E-state index >= 15 is 0 Å². The van der Waals surface area contributed by atoms with Gasteiger partial charge in [-0.15, -0.1) is 0 Å². The van der Waals surface area contributed by atoms with Crippen LogP contribution in [0, 0.1) is 5.92 Å². The van der Waals surface area contributed by atoms with E-state index in [1.54, 1.807) is 13.8 Å². The van der Waals surface area contributed by atoms with Gasteiger partial charge >= 0.3 is 17.9 Å². The lowest BCUT2D eigenvalue weighted by molar-refractivity contribution is -0.142. The van der Waals surface area contributed by atoms with Crippen molar-refractivity contribution in [2.45, 2.75) is 205 Å². The van der Waals surface area contributed by atoms with Crippen molar-refractivity contribution in [2.24, 2.45) is 17.4 Å². The number of aliphatic carboxylic acids is 3. The van der Waals surface area contributed by atoms with Gasteiger partial charge in [-0.05, 0) is 70.9 Å². The van der Waals surface area contributed by atoms with Gasteiger partial charge < -0.3 is 67.0 Å². The van der Waals surface area contributed by atoms with Gasteiger partial charge in [-0.3, -0.25) is 48.6 Å². The summed E-state index contributed by atoms with van der Waals surface area (Å²) in [6, 6.07) is -5.32. The highest BCUT2D eigenvalue weighted by molar-refractivity contribution is 6.41. The second kappa shape index (κ2) is 50.9. The number of hydrazine groups is 1. The monoisotopic (exact) mass is 1140 g/mol. The molecule has 0 bridgehead atoms. The molecule has 0 aromatic carbocycles. The van der Waals surface area contributed by atoms with Crippen LogP contribution in [0.2, 0.25) is 0 Å². The summed E-state index contributed by atoms with van der Waals surface area (Å²) in [5.41, 5.74) is 17.0. The van der Waals surface area contributed by atoms with Crippen LogP contribution in [-0.4, -0.2) is 177 Å². The number of hydrogen-bond acceptors (Lipinski definition) is 18. The van der Waals surface area contributed by atoms with Crippen LogP contribution >= 0.6 is 0 Å². The molecule has 0 aliphatic rings. The van der Waals surface area contributed by atoms with E-state index in [0.29, 0.717) is 38.6 Å². The summed E-state index contributed by atoms with van der Waals surface area (Å²) in [6.07, 6.45) is 14.9. The first kappa shape index (κ1) is 75.0. The highest BCUT2D eigenvalue weighted by Gasteiger charge is 2.34. The third-order valence-electron chi connectivity index (χ3n) is 12.8. The van der Waals surface area contributed by atoms with Crippen molar-refractivity contribution < 1.29 is 82.2 Å². The van der Waals surface area contributed by atoms with Gasteiger partial charge in [0.05, 0.1) is 51.7 Å². The van der Waals surface area contributed by atoms with Gasteiger partial charge in [-0.2, -0.15) is 0 Å². The largest absolute Gasteiger partial charge is 0.481 e. The van der Waals surface area contributed by atoms with Crippen LogP contribution in [0.15, 0.2) is 0 Å². The van der Waals surface area contributed by atoms with Crippen LogP contribution in [-0.2, 0) is 66.9 Å². The number of ketones is 3. The molecule has 0 aliphatic heterocycles. The number of carboxylic acids is 3. The molecule has 0 saturated carbocycles. The van der Waals surface area contributed by atoms with Crippen molar-refractivity contribution in [2.75, 3.05) is 79.0 Å². The summed E-state index contributed by atoms with van der Waals surface area (Å²) in [6.45, 7) is 5.63. The SMILES string of the molecule is CC(C)C(=O)COCCOCCNC(=O)COCCOCCNN[C@@H](CCCCN)C(=O)C(=O)C(CCC(=O)O)NC(=O)[C@H](CCCCN)NC(=O)CC[C@H](NC(=O)CCCCCCCCCCCCCCCCC(=O)O)C(=O)O. The van der Waals surface area contributed by atoms with Crippen molar-refractivity contribution in [1.29, 1.82) is 0 Å². The predicted octanol–water partition coefficient (Wildman–Crippen LogP) is 2.76. The molecule has 0 aromatic heterocycles. The number of amides is 4. The Morgan fingerprint density at radius 3 is 1.39 bits per heavy atom. The maximum absolute atomic E-state index is 13.8. The lowest BCUT2D eigenvalue weighted by Gasteiger charge is -2.24. The molecule has 25 nitrogen and oxygen atoms in total. The Bertz CT molecular complexity index is 1760. The third-order valence-corrected chi connectivity index (χ3v) is 12.8. The predicted molar refractivity (Wildman–Crippen MR) is 298 cm³/mol. The van der Waals surface area contributed by atoms with Crippen molar-refractivity contribution in [3.63, 3.8) is 0 Å². The molecular formula is C55H100N8O17. The van der Waals surface area contributed by atoms with Crippen molar-refractivity contribution in [1.82, 2.24) is 32.1 Å². The molecule has 0 spiro atoms. The summed E-state index contributed by atoms with van der Waals surface area (Å²) in [5.74, 6) is -7.83. The molecule has 0 rings (SSSR count). The Morgan fingerprint density at radius 2 is 0.863 bits per heavy atom. The fraction of sp³-hybridized carbons (Fsp3) is 0.818. The minimum atomic E-state index is -1.58. The zero-order valence-corrected chi connectivity index (χ0v) is 48.0. The molecule has 0 fully saturated rings. The van der Waals surface area contributed by atoms with Crippen LogP contribution in [0.5, 0.6) is 0 Å². The summed E-state index contributed by atoms with van der Waals surface area (Å²) in [7, 11) is 0. The number of unbranched alkanes of at least 4 members (excludes halogenated alkanes) is 15. The fourth-order valence-electron chi connectivity index (χ4n) is 8.00. The summed E-state index contributed by atoms with van der Waals surface area (Å²) < 4.78 is 21.5. The first-order valence-electron chi connectivity index (χ1n) is 29.1. The number of carbonyl (C=O) groups is 10. The topological polar surface area (TPSA) is 393 Å². The van der Waals surface area contributed by atoms with Crippen LogP contribution in [0.25, 0.3) is 0 Å². The van der Waals surface area contributed by atoms with Crippen molar-refractivity contribution in [3.05, 3.63) is 0 Å². The summed E-state index contributed by atoms with van der Waals surface area (Å²) >= 11 is 0. The molecule has 80 heavy (non-hydrogen) atoms. The Labute approximate surface area is 473 Å². The molecule has 13 N–H and O–H groups in total. The van der Waals surface area contributed by atoms with Crippen LogP contribution in [0.4, 0.5) is 0 Å².